The molecule has 0 aromatic rings. The molecule has 0 saturated heterocycles. The maximum atomic E-state index is 6.38. The van der Waals surface area contributed by atoms with Crippen molar-refractivity contribution < 1.29 is 0 Å². The van der Waals surface area contributed by atoms with Crippen molar-refractivity contribution in [2.45, 2.75) is 128 Å². The minimum Gasteiger partial charge on any atom is -0.328 e. The van der Waals surface area contributed by atoms with Gasteiger partial charge in [0.2, 0.25) is 0 Å². The van der Waals surface area contributed by atoms with Crippen LogP contribution in [0.25, 0.3) is 0 Å². The molecule has 0 atom stereocenters. The SMILES string of the molecule is NC1CCC(C(C2CCCCC2)(C2CCCCC2)C2CCC(N)CC2)CC1. The highest BCUT2D eigenvalue weighted by atomic mass is 14.7. The monoisotopic (exact) mass is 374 g/mol. The minimum absolute atomic E-state index is 0.483. The van der Waals surface area contributed by atoms with Gasteiger partial charge in [-0.3, -0.25) is 0 Å². The van der Waals surface area contributed by atoms with Crippen LogP contribution in [0, 0.1) is 29.1 Å². The highest BCUT2D eigenvalue weighted by molar-refractivity contribution is 5.04. The zero-order valence-electron chi connectivity index (χ0n) is 17.8. The molecule has 27 heavy (non-hydrogen) atoms. The zero-order valence-corrected chi connectivity index (χ0v) is 17.8. The average Bonchev–Trinajstić information content (AvgIpc) is 2.73. The molecule has 156 valence electrons. The average molecular weight is 375 g/mol. The van der Waals surface area contributed by atoms with Gasteiger partial charge in [0.25, 0.3) is 0 Å². The molecule has 4 rings (SSSR count). The van der Waals surface area contributed by atoms with Crippen molar-refractivity contribution in [1.82, 2.24) is 0 Å². The fourth-order valence-corrected chi connectivity index (χ4v) is 8.44. The largest absolute Gasteiger partial charge is 0.328 e. The van der Waals surface area contributed by atoms with Gasteiger partial charge in [0.05, 0.1) is 0 Å². The van der Waals surface area contributed by atoms with Crippen molar-refractivity contribution in [3.05, 3.63) is 0 Å². The Bertz CT molecular complexity index is 391. The van der Waals surface area contributed by atoms with E-state index < -0.39 is 0 Å². The highest BCUT2D eigenvalue weighted by Gasteiger charge is 2.55. The summed E-state index contributed by atoms with van der Waals surface area (Å²) in [5.41, 5.74) is 13.4. The van der Waals surface area contributed by atoms with E-state index in [2.05, 4.69) is 0 Å². The van der Waals surface area contributed by atoms with Crippen LogP contribution < -0.4 is 11.5 Å². The summed E-state index contributed by atoms with van der Waals surface area (Å²) < 4.78 is 0. The van der Waals surface area contributed by atoms with E-state index in [-0.39, 0.29) is 0 Å². The van der Waals surface area contributed by atoms with E-state index in [4.69, 9.17) is 11.5 Å². The third-order valence-corrected chi connectivity index (χ3v) is 9.58. The lowest BCUT2D eigenvalue weighted by Crippen LogP contribution is -2.54. The van der Waals surface area contributed by atoms with Gasteiger partial charge in [-0.05, 0) is 106 Å². The summed E-state index contributed by atoms with van der Waals surface area (Å²) >= 11 is 0. The molecule has 4 fully saturated rings. The molecule has 0 aliphatic heterocycles. The molecule has 0 unspecified atom stereocenters. The molecule has 4 aliphatic rings. The maximum absolute atomic E-state index is 6.38. The van der Waals surface area contributed by atoms with E-state index >= 15 is 0 Å². The summed E-state index contributed by atoms with van der Waals surface area (Å²) in [4.78, 5) is 0. The molecule has 0 spiro atoms. The number of hydrogen-bond acceptors (Lipinski definition) is 2. The predicted octanol–water partition coefficient (Wildman–Crippen LogP) is 6.17. The van der Waals surface area contributed by atoms with Crippen LogP contribution in [0.5, 0.6) is 0 Å². The van der Waals surface area contributed by atoms with Crippen LogP contribution >= 0.6 is 0 Å². The van der Waals surface area contributed by atoms with Crippen LogP contribution in [0.2, 0.25) is 0 Å². The van der Waals surface area contributed by atoms with Gasteiger partial charge in [0, 0.05) is 12.1 Å². The van der Waals surface area contributed by atoms with E-state index in [9.17, 15) is 0 Å². The van der Waals surface area contributed by atoms with Crippen molar-refractivity contribution in [2.24, 2.45) is 40.6 Å². The van der Waals surface area contributed by atoms with E-state index in [0.29, 0.717) is 17.5 Å². The van der Waals surface area contributed by atoms with Crippen molar-refractivity contribution in [3.63, 3.8) is 0 Å². The van der Waals surface area contributed by atoms with Crippen molar-refractivity contribution in [3.8, 4) is 0 Å². The van der Waals surface area contributed by atoms with E-state index in [1.54, 1.807) is 0 Å². The summed E-state index contributed by atoms with van der Waals surface area (Å²) in [6, 6.07) is 0.966. The minimum atomic E-state index is 0.483. The summed E-state index contributed by atoms with van der Waals surface area (Å²) in [5, 5.41) is 0. The van der Waals surface area contributed by atoms with E-state index in [1.165, 1.54) is 116 Å². The molecule has 2 nitrogen and oxygen atoms in total. The van der Waals surface area contributed by atoms with Gasteiger partial charge < -0.3 is 11.5 Å². The Morgan fingerprint density at radius 3 is 1.00 bits per heavy atom. The lowest BCUT2D eigenvalue weighted by Gasteiger charge is -2.60. The van der Waals surface area contributed by atoms with Crippen molar-refractivity contribution in [2.75, 3.05) is 0 Å². The van der Waals surface area contributed by atoms with Gasteiger partial charge in [-0.2, -0.15) is 0 Å². The van der Waals surface area contributed by atoms with Gasteiger partial charge in [0.1, 0.15) is 0 Å². The van der Waals surface area contributed by atoms with Crippen LogP contribution in [0.15, 0.2) is 0 Å². The molecule has 4 N–H and O–H groups in total. The molecule has 0 aromatic carbocycles. The number of rotatable bonds is 4. The normalized spacial score (nSPS) is 38.0. The van der Waals surface area contributed by atoms with Crippen molar-refractivity contribution in [1.29, 1.82) is 0 Å². The maximum Gasteiger partial charge on any atom is 0.00390 e. The fraction of sp³-hybridized carbons (Fsp3) is 1.00. The molecule has 0 bridgehead atoms. The Balaban J connectivity index is 1.69. The first-order valence-electron chi connectivity index (χ1n) is 12.7. The predicted molar refractivity (Wildman–Crippen MR) is 115 cm³/mol. The molecule has 4 aliphatic carbocycles. The third-order valence-electron chi connectivity index (χ3n) is 9.58. The lowest BCUT2D eigenvalue weighted by atomic mass is 9.45. The van der Waals surface area contributed by atoms with Gasteiger partial charge >= 0.3 is 0 Å². The van der Waals surface area contributed by atoms with Crippen molar-refractivity contribution >= 4 is 0 Å². The number of nitrogens with two attached hydrogens (primary N) is 2. The molecule has 0 heterocycles. The van der Waals surface area contributed by atoms with Gasteiger partial charge in [-0.25, -0.2) is 0 Å². The summed E-state index contributed by atoms with van der Waals surface area (Å²) in [6.07, 6.45) is 26.0. The molecule has 4 saturated carbocycles. The van der Waals surface area contributed by atoms with E-state index in [0.717, 1.165) is 23.7 Å². The Kier molecular flexibility index (Phi) is 6.85. The molecular formula is C25H46N2. The Morgan fingerprint density at radius 2 is 0.667 bits per heavy atom. The third kappa shape index (κ3) is 4.13. The first-order chi connectivity index (χ1) is 13.2. The van der Waals surface area contributed by atoms with Gasteiger partial charge in [-0.1, -0.05) is 38.5 Å². The molecule has 2 heteroatoms. The Hall–Kier alpha value is -0.0800. The quantitative estimate of drug-likeness (QED) is 0.618. The summed E-state index contributed by atoms with van der Waals surface area (Å²) in [7, 11) is 0. The topological polar surface area (TPSA) is 52.0 Å². The standard InChI is InChI=1S/C25H46N2/c26-23-15-11-21(12-16-23)25(19-7-3-1-4-8-19,20-9-5-2-6-10-20)22-13-17-24(27)18-14-22/h19-24H,1-18,26-27H2. The summed E-state index contributed by atoms with van der Waals surface area (Å²) in [5.74, 6) is 3.94. The first kappa shape index (κ1) is 20.2. The van der Waals surface area contributed by atoms with Gasteiger partial charge in [0.15, 0.2) is 0 Å². The first-order valence-corrected chi connectivity index (χ1v) is 12.7. The van der Waals surface area contributed by atoms with Crippen LogP contribution in [0.3, 0.4) is 0 Å². The Labute approximate surface area is 168 Å². The van der Waals surface area contributed by atoms with Crippen LogP contribution in [0.4, 0.5) is 0 Å². The molecule has 0 radical (unpaired) electrons. The summed E-state index contributed by atoms with van der Waals surface area (Å²) in [6.45, 7) is 0. The second-order valence-corrected chi connectivity index (χ2v) is 10.9. The smallest absolute Gasteiger partial charge is 0.00390 e. The Morgan fingerprint density at radius 1 is 0.370 bits per heavy atom. The molecule has 0 amide bonds. The van der Waals surface area contributed by atoms with Crippen LogP contribution in [-0.2, 0) is 0 Å². The van der Waals surface area contributed by atoms with Crippen LogP contribution in [-0.4, -0.2) is 12.1 Å². The van der Waals surface area contributed by atoms with E-state index in [1.807, 2.05) is 0 Å². The molecule has 0 aromatic heterocycles. The van der Waals surface area contributed by atoms with Gasteiger partial charge in [-0.15, -0.1) is 0 Å². The second-order valence-electron chi connectivity index (χ2n) is 10.9. The highest BCUT2D eigenvalue weighted by Crippen LogP contribution is 2.62. The zero-order chi connectivity index (χ0) is 18.7. The number of hydrogen-bond donors (Lipinski definition) is 2. The van der Waals surface area contributed by atoms with Crippen LogP contribution in [0.1, 0.15) is 116 Å². The molecular weight excluding hydrogens is 328 g/mol. The fourth-order valence-electron chi connectivity index (χ4n) is 8.44. The lowest BCUT2D eigenvalue weighted by molar-refractivity contribution is -0.108. The second kappa shape index (κ2) is 9.16.